The van der Waals surface area contributed by atoms with E-state index in [2.05, 4.69) is 37.4 Å². The summed E-state index contributed by atoms with van der Waals surface area (Å²) in [5, 5.41) is 5.94. The van der Waals surface area contributed by atoms with Gasteiger partial charge in [0.25, 0.3) is 11.5 Å². The molecular weight excluding hydrogens is 392 g/mol. The third kappa shape index (κ3) is 4.92. The van der Waals surface area contributed by atoms with Gasteiger partial charge in [0.2, 0.25) is 0 Å². The highest BCUT2D eigenvalue weighted by atomic mass is 16.2. The number of amides is 1. The van der Waals surface area contributed by atoms with E-state index in [-0.39, 0.29) is 5.56 Å². The van der Waals surface area contributed by atoms with Gasteiger partial charge in [-0.25, -0.2) is 0 Å². The summed E-state index contributed by atoms with van der Waals surface area (Å²) in [6, 6.07) is 13.1. The summed E-state index contributed by atoms with van der Waals surface area (Å²) < 4.78 is 0. The number of likely N-dealkylation sites (N-methyl/N-ethyl adjacent to an activating group) is 1. The maximum Gasteiger partial charge on any atom is 0.263 e. The van der Waals surface area contributed by atoms with E-state index in [4.69, 9.17) is 0 Å². The predicted octanol–water partition coefficient (Wildman–Crippen LogP) is 2.83. The van der Waals surface area contributed by atoms with Crippen molar-refractivity contribution in [1.82, 2.24) is 14.9 Å². The number of aryl methyl sites for hydroxylation is 1. The van der Waals surface area contributed by atoms with E-state index in [0.717, 1.165) is 37.6 Å². The summed E-state index contributed by atoms with van der Waals surface area (Å²) in [7, 11) is 2.12. The molecule has 3 heterocycles. The average molecular weight is 419 g/mol. The van der Waals surface area contributed by atoms with Gasteiger partial charge in [0, 0.05) is 49.4 Å². The van der Waals surface area contributed by atoms with Gasteiger partial charge in [-0.1, -0.05) is 0 Å². The molecule has 0 bridgehead atoms. The van der Waals surface area contributed by atoms with Crippen LogP contribution in [0.4, 0.5) is 22.7 Å². The molecule has 1 aromatic carbocycles. The van der Waals surface area contributed by atoms with E-state index in [1.54, 1.807) is 12.3 Å². The number of hydrogen-bond donors (Lipinski definition) is 3. The van der Waals surface area contributed by atoms with E-state index in [0.29, 0.717) is 17.1 Å². The SMILES string of the molecule is Cc1ccc(Nc2cc[nH]c(=O)c2C(=O)Nc2ccc(N3CCN(C)CC3)cc2)cn1. The van der Waals surface area contributed by atoms with Crippen molar-refractivity contribution in [2.75, 3.05) is 48.8 Å². The molecule has 0 radical (unpaired) electrons. The number of anilines is 4. The van der Waals surface area contributed by atoms with Crippen LogP contribution >= 0.6 is 0 Å². The Kier molecular flexibility index (Phi) is 5.99. The Bertz CT molecular complexity index is 1100. The zero-order valence-corrected chi connectivity index (χ0v) is 17.7. The normalized spacial score (nSPS) is 14.3. The number of hydrogen-bond acceptors (Lipinski definition) is 6. The lowest BCUT2D eigenvalue weighted by Gasteiger charge is -2.34. The number of rotatable bonds is 5. The molecule has 3 N–H and O–H groups in total. The van der Waals surface area contributed by atoms with Crippen LogP contribution in [0.1, 0.15) is 16.1 Å². The van der Waals surface area contributed by atoms with Crippen molar-refractivity contribution in [2.24, 2.45) is 0 Å². The number of carbonyl (C=O) groups is 1. The zero-order chi connectivity index (χ0) is 21.8. The Morgan fingerprint density at radius 2 is 1.71 bits per heavy atom. The standard InChI is InChI=1S/C23H26N6O2/c1-16-3-4-18(15-25-16)26-20-9-10-24-22(30)21(20)23(31)27-17-5-7-19(8-6-17)29-13-11-28(2)12-14-29/h3-10,15H,11-14H2,1-2H3,(H,27,31)(H2,24,26,30). The summed E-state index contributed by atoms with van der Waals surface area (Å²) in [6.45, 7) is 5.91. The van der Waals surface area contributed by atoms with Gasteiger partial charge in [0.15, 0.2) is 0 Å². The number of aromatic amines is 1. The molecule has 1 aliphatic rings. The average Bonchev–Trinajstić information content (AvgIpc) is 2.76. The predicted molar refractivity (Wildman–Crippen MR) is 123 cm³/mol. The molecule has 160 valence electrons. The minimum atomic E-state index is -0.475. The Balaban J connectivity index is 1.49. The summed E-state index contributed by atoms with van der Waals surface area (Å²) in [5.74, 6) is -0.475. The smallest absolute Gasteiger partial charge is 0.263 e. The highest BCUT2D eigenvalue weighted by molar-refractivity contribution is 6.08. The fourth-order valence-corrected chi connectivity index (χ4v) is 3.52. The van der Waals surface area contributed by atoms with E-state index in [9.17, 15) is 9.59 Å². The maximum absolute atomic E-state index is 12.9. The summed E-state index contributed by atoms with van der Waals surface area (Å²) in [5.41, 5.74) is 3.31. The van der Waals surface area contributed by atoms with Gasteiger partial charge >= 0.3 is 0 Å². The molecule has 8 nitrogen and oxygen atoms in total. The quantitative estimate of drug-likeness (QED) is 0.590. The minimum absolute atomic E-state index is 0.0196. The highest BCUT2D eigenvalue weighted by Gasteiger charge is 2.18. The molecule has 2 aromatic heterocycles. The Morgan fingerprint density at radius 1 is 1.00 bits per heavy atom. The van der Waals surface area contributed by atoms with Crippen LogP contribution in [0.25, 0.3) is 0 Å². The maximum atomic E-state index is 12.9. The van der Waals surface area contributed by atoms with Crippen LogP contribution in [0.2, 0.25) is 0 Å². The Hall–Kier alpha value is -3.65. The molecule has 8 heteroatoms. The number of nitrogens with one attached hydrogen (secondary N) is 3. The summed E-state index contributed by atoms with van der Waals surface area (Å²) in [4.78, 5) is 36.8. The number of H-pyrrole nitrogens is 1. The lowest BCUT2D eigenvalue weighted by atomic mass is 10.2. The van der Waals surface area contributed by atoms with Crippen molar-refractivity contribution in [3.05, 3.63) is 76.5 Å². The number of aromatic nitrogens is 2. The second-order valence-corrected chi connectivity index (χ2v) is 7.70. The topological polar surface area (TPSA) is 93.4 Å². The molecule has 0 aliphatic carbocycles. The fourth-order valence-electron chi connectivity index (χ4n) is 3.52. The van der Waals surface area contributed by atoms with Crippen molar-refractivity contribution in [1.29, 1.82) is 0 Å². The molecule has 1 fully saturated rings. The van der Waals surface area contributed by atoms with Gasteiger partial charge < -0.3 is 25.4 Å². The van der Waals surface area contributed by atoms with Gasteiger partial charge in [-0.2, -0.15) is 0 Å². The molecule has 1 aliphatic heterocycles. The van der Waals surface area contributed by atoms with Gasteiger partial charge in [-0.05, 0) is 56.4 Å². The Morgan fingerprint density at radius 3 is 2.39 bits per heavy atom. The van der Waals surface area contributed by atoms with Crippen LogP contribution in [0, 0.1) is 6.92 Å². The molecule has 4 rings (SSSR count). The molecule has 1 amide bonds. The van der Waals surface area contributed by atoms with Crippen LogP contribution in [0.5, 0.6) is 0 Å². The molecule has 1 saturated heterocycles. The number of carbonyl (C=O) groups excluding carboxylic acids is 1. The van der Waals surface area contributed by atoms with Gasteiger partial charge in [-0.3, -0.25) is 14.6 Å². The van der Waals surface area contributed by atoms with Crippen LogP contribution < -0.4 is 21.1 Å². The fraction of sp³-hybridized carbons (Fsp3) is 0.261. The summed E-state index contributed by atoms with van der Waals surface area (Å²) >= 11 is 0. The van der Waals surface area contributed by atoms with Crippen molar-refractivity contribution < 1.29 is 4.79 Å². The van der Waals surface area contributed by atoms with Gasteiger partial charge in [0.1, 0.15) is 5.56 Å². The van der Waals surface area contributed by atoms with Crippen LogP contribution in [-0.2, 0) is 0 Å². The van der Waals surface area contributed by atoms with E-state index in [1.807, 2.05) is 43.3 Å². The summed E-state index contributed by atoms with van der Waals surface area (Å²) in [6.07, 6.45) is 3.17. The molecule has 0 unspecified atom stereocenters. The third-order valence-corrected chi connectivity index (χ3v) is 5.37. The number of benzene rings is 1. The molecule has 0 saturated carbocycles. The lowest BCUT2D eigenvalue weighted by molar-refractivity contribution is 0.102. The van der Waals surface area contributed by atoms with Crippen molar-refractivity contribution in [2.45, 2.75) is 6.92 Å². The second kappa shape index (κ2) is 9.01. The number of nitrogens with zero attached hydrogens (tertiary/aromatic N) is 3. The largest absolute Gasteiger partial charge is 0.369 e. The molecule has 3 aromatic rings. The third-order valence-electron chi connectivity index (χ3n) is 5.37. The molecule has 0 atom stereocenters. The molecule has 31 heavy (non-hydrogen) atoms. The Labute approximate surface area is 180 Å². The highest BCUT2D eigenvalue weighted by Crippen LogP contribution is 2.22. The van der Waals surface area contributed by atoms with Gasteiger partial charge in [0.05, 0.1) is 17.6 Å². The second-order valence-electron chi connectivity index (χ2n) is 7.70. The van der Waals surface area contributed by atoms with Crippen LogP contribution in [0.15, 0.2) is 59.7 Å². The van der Waals surface area contributed by atoms with E-state index in [1.165, 1.54) is 6.20 Å². The lowest BCUT2D eigenvalue weighted by Crippen LogP contribution is -2.44. The van der Waals surface area contributed by atoms with Crippen molar-refractivity contribution >= 4 is 28.7 Å². The van der Waals surface area contributed by atoms with Crippen molar-refractivity contribution in [3.8, 4) is 0 Å². The van der Waals surface area contributed by atoms with Crippen LogP contribution in [-0.4, -0.2) is 54.0 Å². The van der Waals surface area contributed by atoms with E-state index < -0.39 is 11.5 Å². The molecule has 0 spiro atoms. The number of piperazine rings is 1. The number of pyridine rings is 2. The van der Waals surface area contributed by atoms with Crippen LogP contribution in [0.3, 0.4) is 0 Å². The zero-order valence-electron chi connectivity index (χ0n) is 17.7. The minimum Gasteiger partial charge on any atom is -0.369 e. The van der Waals surface area contributed by atoms with Crippen molar-refractivity contribution in [3.63, 3.8) is 0 Å². The first-order valence-corrected chi connectivity index (χ1v) is 10.3. The monoisotopic (exact) mass is 418 g/mol. The van der Waals surface area contributed by atoms with E-state index >= 15 is 0 Å². The first kappa shape index (κ1) is 20.6. The molecular formula is C23H26N6O2. The first-order chi connectivity index (χ1) is 15.0. The first-order valence-electron chi connectivity index (χ1n) is 10.3. The van der Waals surface area contributed by atoms with Gasteiger partial charge in [-0.15, -0.1) is 0 Å².